The Labute approximate surface area is 175 Å². The van der Waals surface area contributed by atoms with Crippen molar-refractivity contribution in [2.45, 2.75) is 19.8 Å². The molecule has 30 heavy (non-hydrogen) atoms. The number of benzene rings is 2. The van der Waals surface area contributed by atoms with Crippen LogP contribution >= 0.6 is 0 Å². The Hall–Kier alpha value is -3.42. The van der Waals surface area contributed by atoms with Crippen LogP contribution in [0.5, 0.6) is 11.5 Å². The van der Waals surface area contributed by atoms with Crippen LogP contribution in [0.3, 0.4) is 0 Å². The van der Waals surface area contributed by atoms with E-state index in [0.717, 1.165) is 18.4 Å². The molecule has 0 bridgehead atoms. The van der Waals surface area contributed by atoms with Gasteiger partial charge in [-0.05, 0) is 61.7 Å². The molecule has 3 aromatic rings. The number of carbonyl (C=O) groups excluding carboxylic acids is 1. The first-order chi connectivity index (χ1) is 14.4. The zero-order chi connectivity index (χ0) is 21.7. The number of amides is 1. The summed E-state index contributed by atoms with van der Waals surface area (Å²) in [7, 11) is 4.93. The molecule has 0 unspecified atom stereocenters. The number of nitrogens with zero attached hydrogens (tertiary/aromatic N) is 4. The summed E-state index contributed by atoms with van der Waals surface area (Å²) in [6, 6.07) is 11.7. The van der Waals surface area contributed by atoms with Crippen LogP contribution < -0.4 is 9.47 Å². The summed E-state index contributed by atoms with van der Waals surface area (Å²) in [6.07, 6.45) is 1.56. The third-order valence-corrected chi connectivity index (χ3v) is 4.79. The Morgan fingerprint density at radius 3 is 2.47 bits per heavy atom. The number of ether oxygens (including phenoxy) is 2. The van der Waals surface area contributed by atoms with Crippen LogP contribution in [0.4, 0.5) is 4.39 Å². The molecule has 1 amide bonds. The number of rotatable bonds is 8. The lowest BCUT2D eigenvalue weighted by atomic mass is 10.1. The van der Waals surface area contributed by atoms with Crippen molar-refractivity contribution in [3.05, 3.63) is 65.5 Å². The zero-order valence-corrected chi connectivity index (χ0v) is 17.6. The lowest BCUT2D eigenvalue weighted by Gasteiger charge is -2.15. The summed E-state index contributed by atoms with van der Waals surface area (Å²) in [5.74, 6) is 1.46. The second-order valence-corrected chi connectivity index (χ2v) is 6.89. The SMILES string of the molecule is COc1ccc(CCCN(C)C(=O)c2nc(C)n(-c3ccc(F)cc3)n2)cc1OC. The molecule has 0 saturated carbocycles. The van der Waals surface area contributed by atoms with Crippen LogP contribution in [0.25, 0.3) is 5.69 Å². The average Bonchev–Trinajstić information content (AvgIpc) is 3.15. The fourth-order valence-electron chi connectivity index (χ4n) is 3.14. The molecule has 0 aliphatic rings. The second-order valence-electron chi connectivity index (χ2n) is 6.89. The van der Waals surface area contributed by atoms with Gasteiger partial charge in [-0.3, -0.25) is 4.79 Å². The lowest BCUT2D eigenvalue weighted by Crippen LogP contribution is -2.29. The van der Waals surface area contributed by atoms with E-state index in [9.17, 15) is 9.18 Å². The Morgan fingerprint density at radius 1 is 1.10 bits per heavy atom. The summed E-state index contributed by atoms with van der Waals surface area (Å²) in [5, 5.41) is 4.30. The number of aromatic nitrogens is 3. The van der Waals surface area contributed by atoms with E-state index in [1.165, 1.54) is 16.8 Å². The van der Waals surface area contributed by atoms with Gasteiger partial charge >= 0.3 is 0 Å². The lowest BCUT2D eigenvalue weighted by molar-refractivity contribution is 0.0781. The highest BCUT2D eigenvalue weighted by atomic mass is 19.1. The summed E-state index contributed by atoms with van der Waals surface area (Å²) >= 11 is 0. The highest BCUT2D eigenvalue weighted by Gasteiger charge is 2.19. The number of hydrogen-bond donors (Lipinski definition) is 0. The zero-order valence-electron chi connectivity index (χ0n) is 17.6. The number of methoxy groups -OCH3 is 2. The smallest absolute Gasteiger partial charge is 0.293 e. The van der Waals surface area contributed by atoms with Gasteiger partial charge in [0.2, 0.25) is 5.82 Å². The molecule has 0 aliphatic heterocycles. The van der Waals surface area contributed by atoms with Gasteiger partial charge in [-0.1, -0.05) is 6.07 Å². The standard InChI is InChI=1S/C22H25FN4O3/c1-15-24-21(25-27(15)18-10-8-17(23)9-11-18)22(28)26(2)13-5-6-16-7-12-19(29-3)20(14-16)30-4/h7-12,14H,5-6,13H2,1-4H3. The first kappa shape index (κ1) is 21.3. The third-order valence-electron chi connectivity index (χ3n) is 4.79. The van der Waals surface area contributed by atoms with Gasteiger partial charge in [0.15, 0.2) is 11.5 Å². The normalized spacial score (nSPS) is 10.7. The van der Waals surface area contributed by atoms with E-state index in [2.05, 4.69) is 10.1 Å². The minimum atomic E-state index is -0.331. The molecule has 8 heteroatoms. The predicted octanol–water partition coefficient (Wildman–Crippen LogP) is 3.44. The maximum atomic E-state index is 13.1. The van der Waals surface area contributed by atoms with Crippen molar-refractivity contribution in [2.24, 2.45) is 0 Å². The Bertz CT molecular complexity index is 1020. The van der Waals surface area contributed by atoms with Gasteiger partial charge in [0.05, 0.1) is 19.9 Å². The van der Waals surface area contributed by atoms with Gasteiger partial charge in [0, 0.05) is 13.6 Å². The van der Waals surface area contributed by atoms with Gasteiger partial charge < -0.3 is 14.4 Å². The highest BCUT2D eigenvalue weighted by molar-refractivity contribution is 5.90. The quantitative estimate of drug-likeness (QED) is 0.567. The van der Waals surface area contributed by atoms with E-state index in [1.807, 2.05) is 18.2 Å². The van der Waals surface area contributed by atoms with Crippen LogP contribution in [0.2, 0.25) is 0 Å². The van der Waals surface area contributed by atoms with Crippen LogP contribution in [0.1, 0.15) is 28.4 Å². The summed E-state index contributed by atoms with van der Waals surface area (Å²) in [5.41, 5.74) is 1.75. The van der Waals surface area contributed by atoms with Crippen molar-refractivity contribution in [2.75, 3.05) is 27.8 Å². The Morgan fingerprint density at radius 2 is 1.80 bits per heavy atom. The molecule has 0 aliphatic carbocycles. The fourth-order valence-corrected chi connectivity index (χ4v) is 3.14. The Balaban J connectivity index is 1.61. The summed E-state index contributed by atoms with van der Waals surface area (Å²) in [6.45, 7) is 2.31. The molecule has 1 aromatic heterocycles. The van der Waals surface area contributed by atoms with Crippen molar-refractivity contribution in [1.82, 2.24) is 19.7 Å². The highest BCUT2D eigenvalue weighted by Crippen LogP contribution is 2.28. The molecule has 0 spiro atoms. The summed E-state index contributed by atoms with van der Waals surface area (Å²) < 4.78 is 25.3. The minimum absolute atomic E-state index is 0.116. The first-order valence-corrected chi connectivity index (χ1v) is 9.59. The van der Waals surface area contributed by atoms with E-state index < -0.39 is 0 Å². The van der Waals surface area contributed by atoms with Gasteiger partial charge in [0.1, 0.15) is 11.6 Å². The summed E-state index contributed by atoms with van der Waals surface area (Å²) in [4.78, 5) is 18.6. The average molecular weight is 412 g/mol. The molecule has 0 radical (unpaired) electrons. The first-order valence-electron chi connectivity index (χ1n) is 9.59. The van der Waals surface area contributed by atoms with Crippen LogP contribution in [-0.4, -0.2) is 53.4 Å². The van der Waals surface area contributed by atoms with Crippen molar-refractivity contribution >= 4 is 5.91 Å². The molecule has 7 nitrogen and oxygen atoms in total. The molecular formula is C22H25FN4O3. The topological polar surface area (TPSA) is 69.5 Å². The van der Waals surface area contributed by atoms with Crippen molar-refractivity contribution in [3.8, 4) is 17.2 Å². The van der Waals surface area contributed by atoms with Crippen LogP contribution in [-0.2, 0) is 6.42 Å². The van der Waals surface area contributed by atoms with Crippen molar-refractivity contribution in [3.63, 3.8) is 0 Å². The van der Waals surface area contributed by atoms with Gasteiger partial charge in [-0.25, -0.2) is 14.1 Å². The molecule has 158 valence electrons. The number of halogens is 1. The minimum Gasteiger partial charge on any atom is -0.493 e. The molecule has 2 aromatic carbocycles. The maximum absolute atomic E-state index is 13.1. The van der Waals surface area contributed by atoms with Gasteiger partial charge in [-0.15, -0.1) is 5.10 Å². The molecule has 3 rings (SSSR count). The molecule has 0 N–H and O–H groups in total. The largest absolute Gasteiger partial charge is 0.493 e. The predicted molar refractivity (Wildman–Crippen MR) is 111 cm³/mol. The number of aryl methyl sites for hydroxylation is 2. The van der Waals surface area contributed by atoms with Gasteiger partial charge in [-0.2, -0.15) is 0 Å². The van der Waals surface area contributed by atoms with Crippen LogP contribution in [0.15, 0.2) is 42.5 Å². The maximum Gasteiger partial charge on any atom is 0.293 e. The fraction of sp³-hybridized carbons (Fsp3) is 0.318. The number of hydrogen-bond acceptors (Lipinski definition) is 5. The van der Waals surface area contributed by atoms with Crippen molar-refractivity contribution in [1.29, 1.82) is 0 Å². The van der Waals surface area contributed by atoms with Crippen LogP contribution in [0, 0.1) is 12.7 Å². The van der Waals surface area contributed by atoms with E-state index in [4.69, 9.17) is 9.47 Å². The van der Waals surface area contributed by atoms with Crippen molar-refractivity contribution < 1.29 is 18.7 Å². The second kappa shape index (κ2) is 9.39. The molecule has 0 saturated heterocycles. The monoisotopic (exact) mass is 412 g/mol. The molecule has 1 heterocycles. The molecule has 0 fully saturated rings. The van der Waals surface area contributed by atoms with E-state index >= 15 is 0 Å². The Kier molecular flexibility index (Phi) is 6.66. The molecule has 0 atom stereocenters. The number of carbonyl (C=O) groups is 1. The molecular weight excluding hydrogens is 387 g/mol. The van der Waals surface area contributed by atoms with E-state index in [1.54, 1.807) is 45.2 Å². The van der Waals surface area contributed by atoms with E-state index in [0.29, 0.717) is 29.6 Å². The van der Waals surface area contributed by atoms with E-state index in [-0.39, 0.29) is 17.5 Å². The van der Waals surface area contributed by atoms with Gasteiger partial charge in [0.25, 0.3) is 5.91 Å². The third kappa shape index (κ3) is 4.76.